The van der Waals surface area contributed by atoms with E-state index in [0.717, 1.165) is 29.6 Å². The van der Waals surface area contributed by atoms with Gasteiger partial charge in [0.05, 0.1) is 17.1 Å². The Balaban J connectivity index is 1.60. The summed E-state index contributed by atoms with van der Waals surface area (Å²) in [7, 11) is 1.76. The van der Waals surface area contributed by atoms with Gasteiger partial charge in [0.2, 0.25) is 11.8 Å². The van der Waals surface area contributed by atoms with Gasteiger partial charge in [0.1, 0.15) is 18.5 Å². The second kappa shape index (κ2) is 8.67. The van der Waals surface area contributed by atoms with Crippen molar-refractivity contribution in [3.05, 3.63) is 60.4 Å². The SMILES string of the molecule is CC(NC(=O)C1CCCO1)c1nc2ccccc2n1CC(=O)N(C)c1ccccc1. The highest BCUT2D eigenvalue weighted by Crippen LogP contribution is 2.23. The van der Waals surface area contributed by atoms with Crippen molar-refractivity contribution >= 4 is 28.5 Å². The van der Waals surface area contributed by atoms with Gasteiger partial charge in [-0.25, -0.2) is 4.98 Å². The van der Waals surface area contributed by atoms with E-state index in [9.17, 15) is 9.59 Å². The number of nitrogens with one attached hydrogen (secondary N) is 1. The van der Waals surface area contributed by atoms with E-state index < -0.39 is 6.10 Å². The van der Waals surface area contributed by atoms with Crippen LogP contribution >= 0.6 is 0 Å². The number of carbonyl (C=O) groups is 2. The van der Waals surface area contributed by atoms with Crippen LogP contribution in [0.1, 0.15) is 31.6 Å². The number of likely N-dealkylation sites (N-methyl/N-ethyl adjacent to an activating group) is 1. The standard InChI is InChI=1S/C23H26N4O3/c1-16(24-23(29)20-13-8-14-30-20)22-25-18-11-6-7-12-19(18)27(22)15-21(28)26(2)17-9-4-3-5-10-17/h3-7,9-12,16,20H,8,13-15H2,1-2H3,(H,24,29). The molecule has 7 nitrogen and oxygen atoms in total. The van der Waals surface area contributed by atoms with Gasteiger partial charge in [-0.15, -0.1) is 0 Å². The molecule has 2 atom stereocenters. The number of imidazole rings is 1. The second-order valence-electron chi connectivity index (χ2n) is 7.57. The quantitative estimate of drug-likeness (QED) is 0.683. The highest BCUT2D eigenvalue weighted by atomic mass is 16.5. The highest BCUT2D eigenvalue weighted by Gasteiger charge is 2.27. The summed E-state index contributed by atoms with van der Waals surface area (Å²) in [5, 5.41) is 3.00. The Morgan fingerprint density at radius 3 is 2.67 bits per heavy atom. The molecular weight excluding hydrogens is 380 g/mol. The van der Waals surface area contributed by atoms with Crippen LogP contribution in [-0.2, 0) is 20.9 Å². The van der Waals surface area contributed by atoms with Crippen LogP contribution in [0.15, 0.2) is 54.6 Å². The van der Waals surface area contributed by atoms with E-state index in [-0.39, 0.29) is 24.4 Å². The van der Waals surface area contributed by atoms with Gasteiger partial charge in [0, 0.05) is 19.3 Å². The smallest absolute Gasteiger partial charge is 0.249 e. The predicted octanol–water partition coefficient (Wildman–Crippen LogP) is 3.06. The van der Waals surface area contributed by atoms with E-state index in [0.29, 0.717) is 12.4 Å². The first-order valence-electron chi connectivity index (χ1n) is 10.2. The fourth-order valence-corrected chi connectivity index (χ4v) is 3.78. The summed E-state index contributed by atoms with van der Waals surface area (Å²) in [5.74, 6) is 0.451. The topological polar surface area (TPSA) is 76.5 Å². The fourth-order valence-electron chi connectivity index (χ4n) is 3.78. The molecule has 0 radical (unpaired) electrons. The van der Waals surface area contributed by atoms with Crippen molar-refractivity contribution in [2.24, 2.45) is 0 Å². The van der Waals surface area contributed by atoms with E-state index in [4.69, 9.17) is 9.72 Å². The average molecular weight is 406 g/mol. The molecule has 1 aliphatic rings. The maximum Gasteiger partial charge on any atom is 0.249 e. The van der Waals surface area contributed by atoms with E-state index in [1.807, 2.05) is 66.1 Å². The Kier molecular flexibility index (Phi) is 5.81. The molecule has 2 amide bonds. The first kappa shape index (κ1) is 20.1. The van der Waals surface area contributed by atoms with Gasteiger partial charge in [0.15, 0.2) is 0 Å². The van der Waals surface area contributed by atoms with Crippen LogP contribution in [0.5, 0.6) is 0 Å². The van der Waals surface area contributed by atoms with Crippen molar-refractivity contribution in [2.75, 3.05) is 18.6 Å². The van der Waals surface area contributed by atoms with Gasteiger partial charge >= 0.3 is 0 Å². The van der Waals surface area contributed by atoms with Crippen molar-refractivity contribution in [3.8, 4) is 0 Å². The number of fused-ring (bicyclic) bond motifs is 1. The number of para-hydroxylation sites is 3. The zero-order valence-corrected chi connectivity index (χ0v) is 17.2. The summed E-state index contributed by atoms with van der Waals surface area (Å²) < 4.78 is 7.37. The van der Waals surface area contributed by atoms with Gasteiger partial charge in [-0.05, 0) is 44.0 Å². The molecule has 2 aromatic carbocycles. The molecule has 30 heavy (non-hydrogen) atoms. The zero-order valence-electron chi connectivity index (χ0n) is 17.2. The number of nitrogens with zero attached hydrogens (tertiary/aromatic N) is 3. The molecule has 1 aliphatic heterocycles. The van der Waals surface area contributed by atoms with Gasteiger partial charge < -0.3 is 19.5 Å². The van der Waals surface area contributed by atoms with E-state index in [2.05, 4.69) is 5.32 Å². The molecule has 1 N–H and O–H groups in total. The molecule has 7 heteroatoms. The van der Waals surface area contributed by atoms with Crippen molar-refractivity contribution < 1.29 is 14.3 Å². The number of hydrogen-bond donors (Lipinski definition) is 1. The molecule has 0 bridgehead atoms. The Hall–Kier alpha value is -3.19. The van der Waals surface area contributed by atoms with Gasteiger partial charge in [0.25, 0.3) is 0 Å². The number of amides is 2. The third-order valence-electron chi connectivity index (χ3n) is 5.46. The molecule has 1 aromatic heterocycles. The summed E-state index contributed by atoms with van der Waals surface area (Å²) in [6.07, 6.45) is 1.22. The minimum atomic E-state index is -0.406. The third-order valence-corrected chi connectivity index (χ3v) is 5.46. The van der Waals surface area contributed by atoms with Crippen LogP contribution < -0.4 is 10.2 Å². The van der Waals surface area contributed by atoms with E-state index >= 15 is 0 Å². The number of anilines is 1. The van der Waals surface area contributed by atoms with Crippen LogP contribution in [0.25, 0.3) is 11.0 Å². The van der Waals surface area contributed by atoms with Crippen molar-refractivity contribution in [2.45, 2.75) is 38.5 Å². The van der Waals surface area contributed by atoms with Crippen molar-refractivity contribution in [1.82, 2.24) is 14.9 Å². The summed E-state index contributed by atoms with van der Waals surface area (Å²) in [5.41, 5.74) is 2.48. The van der Waals surface area contributed by atoms with Crippen molar-refractivity contribution in [1.29, 1.82) is 0 Å². The molecule has 1 fully saturated rings. The maximum atomic E-state index is 13.0. The Labute approximate surface area is 175 Å². The maximum absolute atomic E-state index is 13.0. The molecule has 2 heterocycles. The highest BCUT2D eigenvalue weighted by molar-refractivity contribution is 5.93. The Morgan fingerprint density at radius 1 is 1.20 bits per heavy atom. The number of carbonyl (C=O) groups excluding carboxylic acids is 2. The zero-order chi connectivity index (χ0) is 21.1. The summed E-state index contributed by atoms with van der Waals surface area (Å²) in [6.45, 7) is 2.63. The van der Waals surface area contributed by atoms with Gasteiger partial charge in [-0.2, -0.15) is 0 Å². The number of benzene rings is 2. The van der Waals surface area contributed by atoms with E-state index in [1.165, 1.54) is 0 Å². The largest absolute Gasteiger partial charge is 0.368 e. The molecule has 2 unspecified atom stereocenters. The predicted molar refractivity (Wildman–Crippen MR) is 115 cm³/mol. The molecule has 0 aliphatic carbocycles. The normalized spacial score (nSPS) is 17.1. The molecular formula is C23H26N4O3. The minimum Gasteiger partial charge on any atom is -0.368 e. The lowest BCUT2D eigenvalue weighted by molar-refractivity contribution is -0.130. The molecule has 0 saturated carbocycles. The second-order valence-corrected chi connectivity index (χ2v) is 7.57. The summed E-state index contributed by atoms with van der Waals surface area (Å²) >= 11 is 0. The molecule has 0 spiro atoms. The Bertz CT molecular complexity index is 1040. The Morgan fingerprint density at radius 2 is 1.93 bits per heavy atom. The van der Waals surface area contributed by atoms with Crippen LogP contribution in [0, 0.1) is 0 Å². The van der Waals surface area contributed by atoms with Gasteiger partial charge in [-0.1, -0.05) is 30.3 Å². The first-order valence-corrected chi connectivity index (χ1v) is 10.2. The lowest BCUT2D eigenvalue weighted by Gasteiger charge is -2.21. The molecule has 156 valence electrons. The molecule has 4 rings (SSSR count). The third kappa shape index (κ3) is 4.07. The minimum absolute atomic E-state index is 0.0664. The average Bonchev–Trinajstić information content (AvgIpc) is 3.43. The summed E-state index contributed by atoms with van der Waals surface area (Å²) in [6, 6.07) is 16.9. The lowest BCUT2D eigenvalue weighted by Crippen LogP contribution is -2.37. The molecule has 3 aromatic rings. The van der Waals surface area contributed by atoms with Crippen LogP contribution in [-0.4, -0.2) is 41.1 Å². The van der Waals surface area contributed by atoms with Crippen molar-refractivity contribution in [3.63, 3.8) is 0 Å². The lowest BCUT2D eigenvalue weighted by atomic mass is 10.2. The number of aromatic nitrogens is 2. The fraction of sp³-hybridized carbons (Fsp3) is 0.348. The van der Waals surface area contributed by atoms with Crippen LogP contribution in [0.2, 0.25) is 0 Å². The number of hydrogen-bond acceptors (Lipinski definition) is 4. The summed E-state index contributed by atoms with van der Waals surface area (Å²) in [4.78, 5) is 31.9. The van der Waals surface area contributed by atoms with Crippen LogP contribution in [0.3, 0.4) is 0 Å². The van der Waals surface area contributed by atoms with Crippen LogP contribution in [0.4, 0.5) is 5.69 Å². The van der Waals surface area contributed by atoms with Gasteiger partial charge in [-0.3, -0.25) is 9.59 Å². The monoisotopic (exact) mass is 406 g/mol. The first-order chi connectivity index (χ1) is 14.5. The molecule has 1 saturated heterocycles. The van der Waals surface area contributed by atoms with E-state index in [1.54, 1.807) is 11.9 Å². The number of rotatable bonds is 6. The number of ether oxygens (including phenoxy) is 1.